The van der Waals surface area contributed by atoms with E-state index in [1.165, 1.54) is 6.20 Å². The Morgan fingerprint density at radius 3 is 2.64 bits per heavy atom. The molecule has 2 amide bonds. The van der Waals surface area contributed by atoms with Crippen molar-refractivity contribution in [3.05, 3.63) is 77.1 Å². The number of aliphatic hydroxyl groups excluding tert-OH is 1. The standard InChI is InChI=1S/C25H20ClN5O5/c26-17-8-14(36-13-4-2-1-3-5-13)6-7-15(17)21(32)16-9-27-22-19(16)20-18(10-28-22)29-23(33)25(30-20)11-31(12-25)24(34)35/h1-10,21,30,32H,11-12H2,(H,27,28)(H,29,33)(H,34,35). The fourth-order valence-electron chi connectivity index (χ4n) is 4.65. The van der Waals surface area contributed by atoms with Crippen LogP contribution in [-0.4, -0.2) is 55.7 Å². The van der Waals surface area contributed by atoms with E-state index in [0.717, 1.165) is 4.90 Å². The Hall–Kier alpha value is -4.28. The van der Waals surface area contributed by atoms with E-state index in [4.69, 9.17) is 16.3 Å². The van der Waals surface area contributed by atoms with E-state index in [0.29, 0.717) is 50.1 Å². The van der Waals surface area contributed by atoms with Crippen molar-refractivity contribution in [2.24, 2.45) is 0 Å². The molecule has 4 aromatic rings. The van der Waals surface area contributed by atoms with Crippen molar-refractivity contribution in [1.82, 2.24) is 14.9 Å². The zero-order chi connectivity index (χ0) is 25.0. The van der Waals surface area contributed by atoms with Crippen molar-refractivity contribution in [2.45, 2.75) is 11.6 Å². The highest BCUT2D eigenvalue weighted by Gasteiger charge is 2.54. The van der Waals surface area contributed by atoms with Gasteiger partial charge in [0.05, 0.1) is 41.1 Å². The maximum absolute atomic E-state index is 12.7. The quantitative estimate of drug-likeness (QED) is 0.280. The maximum atomic E-state index is 12.7. The van der Waals surface area contributed by atoms with Crippen LogP contribution in [0.3, 0.4) is 0 Å². The normalized spacial score (nSPS) is 16.6. The molecule has 4 heterocycles. The lowest BCUT2D eigenvalue weighted by molar-refractivity contribution is -0.125. The van der Waals surface area contributed by atoms with Gasteiger partial charge < -0.3 is 35.5 Å². The molecule has 6 rings (SSSR count). The Bertz CT molecular complexity index is 1520. The van der Waals surface area contributed by atoms with Gasteiger partial charge in [0.15, 0.2) is 5.54 Å². The molecule has 1 unspecified atom stereocenters. The Kier molecular flexibility index (Phi) is 5.02. The first-order valence-electron chi connectivity index (χ1n) is 11.1. The third kappa shape index (κ3) is 3.50. The predicted octanol–water partition coefficient (Wildman–Crippen LogP) is 4.19. The van der Waals surface area contributed by atoms with E-state index >= 15 is 0 Å². The number of aliphatic hydroxyl groups is 1. The number of carbonyl (C=O) groups excluding carboxylic acids is 1. The molecule has 1 atom stereocenters. The molecule has 2 aromatic heterocycles. The number of nitrogens with one attached hydrogen (secondary N) is 3. The summed E-state index contributed by atoms with van der Waals surface area (Å²) >= 11 is 6.54. The summed E-state index contributed by atoms with van der Waals surface area (Å²) in [6.07, 6.45) is 0.950. The van der Waals surface area contributed by atoms with Crippen LogP contribution in [-0.2, 0) is 4.79 Å². The van der Waals surface area contributed by atoms with Crippen LogP contribution in [0.2, 0.25) is 5.02 Å². The molecule has 11 heteroatoms. The second-order valence-electron chi connectivity index (χ2n) is 8.82. The SMILES string of the molecule is O=C(O)N1CC2(C1)Nc1c(cnc3[nH]cc(C(O)c4ccc(Oc5ccccc5)cc4Cl)c13)NC2=O. The minimum absolute atomic E-state index is 0.00837. The molecule has 2 aliphatic rings. The number of benzene rings is 2. The molecule has 0 saturated carbocycles. The zero-order valence-corrected chi connectivity index (χ0v) is 19.4. The highest BCUT2D eigenvalue weighted by Crippen LogP contribution is 2.43. The fraction of sp³-hybridized carbons (Fsp3) is 0.160. The van der Waals surface area contributed by atoms with Gasteiger partial charge in [0.25, 0.3) is 5.91 Å². The molecule has 0 radical (unpaired) electrons. The molecule has 1 spiro atoms. The summed E-state index contributed by atoms with van der Waals surface area (Å²) in [6.45, 7) is 0.0167. The fourth-order valence-corrected chi connectivity index (χ4v) is 4.92. The van der Waals surface area contributed by atoms with Crippen molar-refractivity contribution in [2.75, 3.05) is 23.7 Å². The minimum atomic E-state index is -1.11. The van der Waals surface area contributed by atoms with Crippen molar-refractivity contribution < 1.29 is 24.5 Å². The lowest BCUT2D eigenvalue weighted by Crippen LogP contribution is -2.73. The van der Waals surface area contributed by atoms with E-state index in [-0.39, 0.29) is 19.0 Å². The molecule has 2 aromatic carbocycles. The van der Waals surface area contributed by atoms with Gasteiger partial charge in [-0.05, 0) is 24.3 Å². The summed E-state index contributed by atoms with van der Waals surface area (Å²) in [4.78, 5) is 32.6. The monoisotopic (exact) mass is 505 g/mol. The van der Waals surface area contributed by atoms with Crippen LogP contribution in [0, 0.1) is 0 Å². The van der Waals surface area contributed by atoms with E-state index in [9.17, 15) is 19.8 Å². The number of likely N-dealkylation sites (tertiary alicyclic amines) is 1. The topological polar surface area (TPSA) is 140 Å². The van der Waals surface area contributed by atoms with Crippen molar-refractivity contribution in [3.63, 3.8) is 0 Å². The number of pyridine rings is 1. The summed E-state index contributed by atoms with van der Waals surface area (Å²) in [5.74, 6) is 0.860. The number of nitrogens with zero attached hydrogens (tertiary/aromatic N) is 2. The van der Waals surface area contributed by atoms with Gasteiger partial charge in [-0.25, -0.2) is 9.78 Å². The van der Waals surface area contributed by atoms with Gasteiger partial charge in [-0.15, -0.1) is 0 Å². The molecule has 2 aliphatic heterocycles. The molecular weight excluding hydrogens is 486 g/mol. The number of amides is 2. The summed E-state index contributed by atoms with van der Waals surface area (Å²) in [6, 6.07) is 14.3. The molecule has 1 saturated heterocycles. The van der Waals surface area contributed by atoms with Crippen LogP contribution in [0.4, 0.5) is 16.2 Å². The van der Waals surface area contributed by atoms with E-state index in [1.807, 2.05) is 30.3 Å². The Balaban J connectivity index is 1.34. The lowest BCUT2D eigenvalue weighted by atomic mass is 9.86. The third-order valence-electron chi connectivity index (χ3n) is 6.51. The number of aromatic amines is 1. The average molecular weight is 506 g/mol. The number of ether oxygens (including phenoxy) is 1. The van der Waals surface area contributed by atoms with Gasteiger partial charge in [0.2, 0.25) is 0 Å². The van der Waals surface area contributed by atoms with Crippen LogP contribution in [0.5, 0.6) is 11.5 Å². The van der Waals surface area contributed by atoms with E-state index in [1.54, 1.807) is 24.4 Å². The van der Waals surface area contributed by atoms with Gasteiger partial charge in [-0.1, -0.05) is 35.9 Å². The number of hydrogen-bond acceptors (Lipinski definition) is 6. The van der Waals surface area contributed by atoms with Crippen LogP contribution in [0.1, 0.15) is 17.2 Å². The number of H-pyrrole nitrogens is 1. The number of rotatable bonds is 4. The van der Waals surface area contributed by atoms with Gasteiger partial charge >= 0.3 is 6.09 Å². The molecule has 1 fully saturated rings. The Labute approximate surface area is 209 Å². The summed E-state index contributed by atoms with van der Waals surface area (Å²) in [5.41, 5.74) is 1.37. The molecular formula is C25H20ClN5O5. The number of carbonyl (C=O) groups is 2. The first-order chi connectivity index (χ1) is 17.3. The maximum Gasteiger partial charge on any atom is 0.407 e. The van der Waals surface area contributed by atoms with Crippen LogP contribution < -0.4 is 15.4 Å². The summed E-state index contributed by atoms with van der Waals surface area (Å²) < 4.78 is 5.83. The number of halogens is 1. The summed E-state index contributed by atoms with van der Waals surface area (Å²) in [5, 5.41) is 27.5. The van der Waals surface area contributed by atoms with Crippen LogP contribution in [0.15, 0.2) is 60.9 Å². The number of anilines is 2. The second-order valence-corrected chi connectivity index (χ2v) is 9.22. The molecule has 182 valence electrons. The summed E-state index contributed by atoms with van der Waals surface area (Å²) in [7, 11) is 0. The lowest BCUT2D eigenvalue weighted by Gasteiger charge is -2.50. The highest BCUT2D eigenvalue weighted by molar-refractivity contribution is 6.31. The number of aromatic nitrogens is 2. The van der Waals surface area contributed by atoms with Gasteiger partial charge in [0.1, 0.15) is 23.3 Å². The predicted molar refractivity (Wildman–Crippen MR) is 133 cm³/mol. The number of fused-ring (bicyclic) bond motifs is 3. The van der Waals surface area contributed by atoms with Gasteiger partial charge in [-0.2, -0.15) is 0 Å². The third-order valence-corrected chi connectivity index (χ3v) is 6.84. The first-order valence-corrected chi connectivity index (χ1v) is 11.5. The smallest absolute Gasteiger partial charge is 0.407 e. The van der Waals surface area contributed by atoms with Crippen molar-refractivity contribution >= 4 is 46.0 Å². The van der Waals surface area contributed by atoms with E-state index < -0.39 is 17.7 Å². The largest absolute Gasteiger partial charge is 0.465 e. The first kappa shape index (κ1) is 22.2. The van der Waals surface area contributed by atoms with Gasteiger partial charge in [0, 0.05) is 17.3 Å². The molecule has 5 N–H and O–H groups in total. The minimum Gasteiger partial charge on any atom is -0.465 e. The zero-order valence-electron chi connectivity index (χ0n) is 18.7. The van der Waals surface area contributed by atoms with Crippen LogP contribution in [0.25, 0.3) is 11.0 Å². The average Bonchev–Trinajstić information content (AvgIpc) is 3.27. The molecule has 10 nitrogen and oxygen atoms in total. The number of para-hydroxylation sites is 1. The number of carboxylic acid groups (broad SMARTS) is 1. The van der Waals surface area contributed by atoms with Gasteiger partial charge in [-0.3, -0.25) is 4.79 Å². The van der Waals surface area contributed by atoms with Crippen molar-refractivity contribution in [1.29, 1.82) is 0 Å². The molecule has 0 aliphatic carbocycles. The number of hydrogen-bond donors (Lipinski definition) is 5. The highest BCUT2D eigenvalue weighted by atomic mass is 35.5. The Morgan fingerprint density at radius 1 is 1.14 bits per heavy atom. The van der Waals surface area contributed by atoms with E-state index in [2.05, 4.69) is 20.6 Å². The van der Waals surface area contributed by atoms with Crippen LogP contribution >= 0.6 is 11.6 Å². The second kappa shape index (κ2) is 8.14. The van der Waals surface area contributed by atoms with Crippen molar-refractivity contribution in [3.8, 4) is 11.5 Å². The Morgan fingerprint density at radius 2 is 1.92 bits per heavy atom. The molecule has 36 heavy (non-hydrogen) atoms. The molecule has 0 bridgehead atoms.